The van der Waals surface area contributed by atoms with Crippen molar-refractivity contribution < 1.29 is 20.4 Å². The minimum atomic E-state index is -4.67. The van der Waals surface area contributed by atoms with Crippen LogP contribution in [-0.4, -0.2) is 47.0 Å². The molecule has 0 aromatic rings. The summed E-state index contributed by atoms with van der Waals surface area (Å²) in [4.78, 5) is 0. The van der Waals surface area contributed by atoms with Gasteiger partial charge in [0, 0.05) is 6.38 Å². The Balaban J connectivity index is -0.0000000154. The van der Waals surface area contributed by atoms with Crippen LogP contribution >= 0.6 is 11.6 Å². The topological polar surface area (TPSA) is 74.6 Å². The van der Waals surface area contributed by atoms with Crippen LogP contribution in [0.15, 0.2) is 0 Å². The Labute approximate surface area is 71.9 Å². The Hall–Kier alpha value is 0.926. The van der Waals surface area contributed by atoms with Gasteiger partial charge in [-0.15, -0.1) is 11.6 Å². The van der Waals surface area contributed by atoms with Crippen molar-refractivity contribution >= 4 is 45.1 Å². The first-order valence-electron chi connectivity index (χ1n) is 1.08. The van der Waals surface area contributed by atoms with E-state index in [1.165, 1.54) is 6.38 Å². The average molecular weight is 175 g/mol. The molecule has 0 aliphatic rings. The predicted molar refractivity (Wildman–Crippen MR) is 33.9 cm³/mol. The molecular weight excluding hydrogens is 168 g/mol. The standard InChI is InChI=1S/CH3Cl.Mg.H2O4S.2H/c1-2;;1-5(2,3)4;;/h1H3;;(H2,1,2,3,4);;/q;+2;;2*-1. The molecule has 7 heteroatoms. The van der Waals surface area contributed by atoms with E-state index in [0.29, 0.717) is 0 Å². The molecule has 0 fully saturated rings. The van der Waals surface area contributed by atoms with Crippen LogP contribution in [0.1, 0.15) is 2.85 Å². The number of hydrogen-bond donors (Lipinski definition) is 2. The van der Waals surface area contributed by atoms with Gasteiger partial charge in [-0.05, 0) is 0 Å². The summed E-state index contributed by atoms with van der Waals surface area (Å²) in [5.41, 5.74) is 0. The molecule has 0 saturated heterocycles. The second kappa shape index (κ2) is 7.93. The first-order chi connectivity index (χ1) is 3.00. The van der Waals surface area contributed by atoms with E-state index in [2.05, 4.69) is 11.6 Å². The van der Waals surface area contributed by atoms with Crippen molar-refractivity contribution in [2.24, 2.45) is 0 Å². The summed E-state index contributed by atoms with van der Waals surface area (Å²) in [5, 5.41) is 0. The SMILES string of the molecule is CCl.O=S(=O)(O)O.[H-].[H-].[Mg+2]. The minimum absolute atomic E-state index is 0. The van der Waals surface area contributed by atoms with E-state index in [1.807, 2.05) is 0 Å². The zero-order valence-electron chi connectivity index (χ0n) is 6.20. The fourth-order valence-electron chi connectivity index (χ4n) is 0. The fraction of sp³-hybridized carbons (Fsp3) is 1.00. The van der Waals surface area contributed by atoms with Gasteiger partial charge in [-0.2, -0.15) is 8.42 Å². The maximum Gasteiger partial charge on any atom is 2.00 e. The number of hydrogen-bond acceptors (Lipinski definition) is 2. The predicted octanol–water partition coefficient (Wildman–Crippen LogP) is 0.0464. The van der Waals surface area contributed by atoms with Crippen molar-refractivity contribution in [3.63, 3.8) is 0 Å². The van der Waals surface area contributed by atoms with Crippen LogP contribution in [0.2, 0.25) is 0 Å². The van der Waals surface area contributed by atoms with Gasteiger partial charge in [-0.25, -0.2) is 0 Å². The molecule has 0 amide bonds. The van der Waals surface area contributed by atoms with Crippen molar-refractivity contribution in [3.8, 4) is 0 Å². The first kappa shape index (κ1) is 16.0. The molecule has 0 heterocycles. The van der Waals surface area contributed by atoms with Gasteiger partial charge < -0.3 is 2.85 Å². The van der Waals surface area contributed by atoms with Crippen molar-refractivity contribution in [2.75, 3.05) is 6.38 Å². The molecule has 50 valence electrons. The number of alkyl halides is 1. The summed E-state index contributed by atoms with van der Waals surface area (Å²) < 4.78 is 31.6. The van der Waals surface area contributed by atoms with Crippen LogP contribution < -0.4 is 0 Å². The normalized spacial score (nSPS) is 8.00. The van der Waals surface area contributed by atoms with E-state index >= 15 is 0 Å². The molecule has 0 aromatic heterocycles. The Morgan fingerprint density at radius 1 is 1.38 bits per heavy atom. The average Bonchev–Trinajstić information content (AvgIpc) is 1.36. The molecule has 0 rings (SSSR count). The van der Waals surface area contributed by atoms with Gasteiger partial charge in [-0.1, -0.05) is 0 Å². The second-order valence-corrected chi connectivity index (χ2v) is 1.34. The molecule has 0 aliphatic carbocycles. The van der Waals surface area contributed by atoms with Crippen LogP contribution in [-0.2, 0) is 10.4 Å². The molecular formula is CH7ClMgO4S. The maximum absolute atomic E-state index is 8.74. The molecule has 0 atom stereocenters. The summed E-state index contributed by atoms with van der Waals surface area (Å²) in [6.07, 6.45) is 1.47. The largest absolute Gasteiger partial charge is 2.00 e. The molecule has 0 aromatic carbocycles. The molecule has 0 saturated carbocycles. The van der Waals surface area contributed by atoms with Crippen molar-refractivity contribution in [1.29, 1.82) is 0 Å². The Kier molecular flexibility index (Phi) is 15.8. The van der Waals surface area contributed by atoms with E-state index in [-0.39, 0.29) is 25.9 Å². The van der Waals surface area contributed by atoms with E-state index in [9.17, 15) is 0 Å². The van der Waals surface area contributed by atoms with Gasteiger partial charge >= 0.3 is 33.5 Å². The first-order valence-corrected chi connectivity index (χ1v) is 3.23. The van der Waals surface area contributed by atoms with Crippen LogP contribution in [0, 0.1) is 0 Å². The van der Waals surface area contributed by atoms with Crippen molar-refractivity contribution in [2.45, 2.75) is 0 Å². The van der Waals surface area contributed by atoms with Crippen molar-refractivity contribution in [3.05, 3.63) is 0 Å². The third kappa shape index (κ3) is 284. The van der Waals surface area contributed by atoms with E-state index in [4.69, 9.17) is 17.5 Å². The Bertz CT molecular complexity index is 106. The zero-order chi connectivity index (χ0) is 6.50. The van der Waals surface area contributed by atoms with E-state index < -0.39 is 10.4 Å². The number of halogens is 1. The van der Waals surface area contributed by atoms with Crippen LogP contribution in [0.3, 0.4) is 0 Å². The molecule has 0 aliphatic heterocycles. The monoisotopic (exact) mass is 174 g/mol. The van der Waals surface area contributed by atoms with Crippen LogP contribution in [0.4, 0.5) is 0 Å². The third-order valence-corrected chi connectivity index (χ3v) is 0. The summed E-state index contributed by atoms with van der Waals surface area (Å²) in [6.45, 7) is 0. The van der Waals surface area contributed by atoms with E-state index in [1.54, 1.807) is 0 Å². The summed E-state index contributed by atoms with van der Waals surface area (Å²) in [6, 6.07) is 0. The van der Waals surface area contributed by atoms with Gasteiger partial charge in [0.25, 0.3) is 0 Å². The van der Waals surface area contributed by atoms with Gasteiger partial charge in [-0.3, -0.25) is 9.11 Å². The smallest absolute Gasteiger partial charge is 1.00 e. The Morgan fingerprint density at radius 2 is 1.38 bits per heavy atom. The molecule has 8 heavy (non-hydrogen) atoms. The quantitative estimate of drug-likeness (QED) is 0.309. The van der Waals surface area contributed by atoms with E-state index in [0.717, 1.165) is 0 Å². The summed E-state index contributed by atoms with van der Waals surface area (Å²) >= 11 is 4.64. The third-order valence-electron chi connectivity index (χ3n) is 0. The molecule has 0 spiro atoms. The number of rotatable bonds is 0. The minimum Gasteiger partial charge on any atom is -1.00 e. The fourth-order valence-corrected chi connectivity index (χ4v) is 0. The van der Waals surface area contributed by atoms with Gasteiger partial charge in [0.2, 0.25) is 0 Å². The van der Waals surface area contributed by atoms with Crippen LogP contribution in [0.5, 0.6) is 0 Å². The zero-order valence-corrected chi connectivity index (χ0v) is 7.19. The second-order valence-electron chi connectivity index (χ2n) is 0.448. The molecule has 0 bridgehead atoms. The van der Waals surface area contributed by atoms with Gasteiger partial charge in [0.15, 0.2) is 0 Å². The maximum atomic E-state index is 8.74. The van der Waals surface area contributed by atoms with Gasteiger partial charge in [0.1, 0.15) is 0 Å². The van der Waals surface area contributed by atoms with Gasteiger partial charge in [0.05, 0.1) is 0 Å². The summed E-state index contributed by atoms with van der Waals surface area (Å²) in [5.74, 6) is 0. The van der Waals surface area contributed by atoms with Crippen LogP contribution in [0.25, 0.3) is 0 Å². The molecule has 0 unspecified atom stereocenters. The molecule has 4 nitrogen and oxygen atoms in total. The summed E-state index contributed by atoms with van der Waals surface area (Å²) in [7, 11) is -4.67. The molecule has 0 radical (unpaired) electrons. The molecule has 2 N–H and O–H groups in total. The Morgan fingerprint density at radius 3 is 1.38 bits per heavy atom. The van der Waals surface area contributed by atoms with Crippen molar-refractivity contribution in [1.82, 2.24) is 0 Å².